The molecular weight excluding hydrogens is 400 g/mol. The molecule has 2 aromatic carbocycles. The van der Waals surface area contributed by atoms with E-state index in [1.54, 1.807) is 42.5 Å². The number of amides is 1. The van der Waals surface area contributed by atoms with Crippen LogP contribution in [0.3, 0.4) is 0 Å². The Morgan fingerprint density at radius 3 is 2.36 bits per heavy atom. The van der Waals surface area contributed by atoms with Gasteiger partial charge in [-0.1, -0.05) is 37.6 Å². The lowest BCUT2D eigenvalue weighted by atomic mass is 10.0. The minimum atomic E-state index is -3.48. The zero-order valence-corrected chi connectivity index (χ0v) is 17.7. The van der Waals surface area contributed by atoms with E-state index in [0.717, 1.165) is 5.56 Å². The molecule has 8 heteroatoms. The van der Waals surface area contributed by atoms with Crippen molar-refractivity contribution in [3.05, 3.63) is 58.6 Å². The van der Waals surface area contributed by atoms with E-state index >= 15 is 0 Å². The molecule has 0 radical (unpaired) electrons. The number of benzene rings is 2. The normalized spacial score (nSPS) is 20.5. The highest BCUT2D eigenvalue weighted by Crippen LogP contribution is 2.58. The van der Waals surface area contributed by atoms with E-state index in [4.69, 9.17) is 16.3 Å². The Bertz CT molecular complexity index is 1000. The van der Waals surface area contributed by atoms with Gasteiger partial charge in [-0.15, -0.1) is 0 Å². The standard InChI is InChI=1S/C20H23ClN2O4S/c1-20(2)17(12-5-8-14(9-6-12)28(25,26)22-3)18(20)23-19(24)15-11-13(21)7-10-16(15)27-4/h5-11,17-18,22H,1-4H3,(H,23,24)/t17-,18-/m0/s1. The molecule has 3 rings (SSSR count). The summed E-state index contributed by atoms with van der Waals surface area (Å²) in [6.45, 7) is 4.13. The van der Waals surface area contributed by atoms with Crippen LogP contribution in [0.5, 0.6) is 5.75 Å². The maximum atomic E-state index is 12.8. The molecule has 0 spiro atoms. The van der Waals surface area contributed by atoms with Crippen LogP contribution >= 0.6 is 11.6 Å². The van der Waals surface area contributed by atoms with Crippen LogP contribution in [0.25, 0.3) is 0 Å². The molecule has 0 heterocycles. The maximum Gasteiger partial charge on any atom is 0.255 e. The third-order valence-corrected chi connectivity index (χ3v) is 7.00. The second-order valence-corrected chi connectivity index (χ2v) is 9.69. The maximum absolute atomic E-state index is 12.8. The number of sulfonamides is 1. The molecule has 0 aromatic heterocycles. The Labute approximate surface area is 170 Å². The van der Waals surface area contributed by atoms with Gasteiger partial charge in [0, 0.05) is 17.0 Å². The van der Waals surface area contributed by atoms with Crippen molar-refractivity contribution in [3.63, 3.8) is 0 Å². The molecule has 0 unspecified atom stereocenters. The summed E-state index contributed by atoms with van der Waals surface area (Å²) in [6.07, 6.45) is 0. The molecule has 0 bridgehead atoms. The number of nitrogens with one attached hydrogen (secondary N) is 2. The molecule has 150 valence electrons. The third-order valence-electron chi connectivity index (χ3n) is 5.34. The monoisotopic (exact) mass is 422 g/mol. The van der Waals surface area contributed by atoms with Gasteiger partial charge < -0.3 is 10.1 Å². The van der Waals surface area contributed by atoms with Crippen LogP contribution in [0.1, 0.15) is 35.7 Å². The van der Waals surface area contributed by atoms with Crippen LogP contribution in [0.4, 0.5) is 0 Å². The number of carbonyl (C=O) groups excluding carboxylic acids is 1. The predicted molar refractivity (Wildman–Crippen MR) is 108 cm³/mol. The fourth-order valence-electron chi connectivity index (χ4n) is 3.58. The van der Waals surface area contributed by atoms with Crippen LogP contribution in [-0.4, -0.2) is 34.5 Å². The largest absolute Gasteiger partial charge is 0.496 e. The van der Waals surface area contributed by atoms with Crippen molar-refractivity contribution in [2.75, 3.05) is 14.2 Å². The second-order valence-electron chi connectivity index (χ2n) is 7.37. The van der Waals surface area contributed by atoms with E-state index in [0.29, 0.717) is 16.3 Å². The average Bonchev–Trinajstić information content (AvgIpc) is 3.21. The van der Waals surface area contributed by atoms with Crippen molar-refractivity contribution in [1.29, 1.82) is 0 Å². The van der Waals surface area contributed by atoms with Gasteiger partial charge in [-0.05, 0) is 48.4 Å². The molecule has 2 atom stereocenters. The molecule has 6 nitrogen and oxygen atoms in total. The lowest BCUT2D eigenvalue weighted by Gasteiger charge is -2.10. The summed E-state index contributed by atoms with van der Waals surface area (Å²) >= 11 is 6.02. The Morgan fingerprint density at radius 1 is 1.14 bits per heavy atom. The second kappa shape index (κ2) is 7.39. The smallest absolute Gasteiger partial charge is 0.255 e. The zero-order valence-electron chi connectivity index (χ0n) is 16.1. The molecule has 1 saturated carbocycles. The molecule has 1 aliphatic rings. The first-order valence-electron chi connectivity index (χ1n) is 8.79. The summed E-state index contributed by atoms with van der Waals surface area (Å²) in [4.78, 5) is 13.0. The summed E-state index contributed by atoms with van der Waals surface area (Å²) in [5, 5.41) is 3.52. The number of ether oxygens (including phenoxy) is 1. The Hall–Kier alpha value is -2.09. The highest BCUT2D eigenvalue weighted by Gasteiger charge is 2.59. The summed E-state index contributed by atoms with van der Waals surface area (Å²) < 4.78 is 31.3. The van der Waals surface area contributed by atoms with Crippen molar-refractivity contribution >= 4 is 27.5 Å². The van der Waals surface area contributed by atoms with Gasteiger partial charge >= 0.3 is 0 Å². The van der Waals surface area contributed by atoms with E-state index in [-0.39, 0.29) is 28.2 Å². The van der Waals surface area contributed by atoms with E-state index in [1.165, 1.54) is 14.2 Å². The molecule has 2 N–H and O–H groups in total. The van der Waals surface area contributed by atoms with Crippen molar-refractivity contribution in [2.24, 2.45) is 5.41 Å². The van der Waals surface area contributed by atoms with E-state index in [1.807, 2.05) is 0 Å². The predicted octanol–water partition coefficient (Wildman–Crippen LogP) is 3.18. The van der Waals surface area contributed by atoms with Gasteiger partial charge in [-0.2, -0.15) is 0 Å². The molecule has 0 aliphatic heterocycles. The van der Waals surface area contributed by atoms with E-state index in [9.17, 15) is 13.2 Å². The quantitative estimate of drug-likeness (QED) is 0.748. The van der Waals surface area contributed by atoms with Crippen LogP contribution in [0.2, 0.25) is 5.02 Å². The first-order valence-corrected chi connectivity index (χ1v) is 10.7. The molecule has 1 aliphatic carbocycles. The van der Waals surface area contributed by atoms with E-state index in [2.05, 4.69) is 23.9 Å². The highest BCUT2D eigenvalue weighted by atomic mass is 35.5. The fourth-order valence-corrected chi connectivity index (χ4v) is 4.48. The van der Waals surface area contributed by atoms with Crippen molar-refractivity contribution in [2.45, 2.75) is 30.7 Å². The molecule has 0 saturated heterocycles. The van der Waals surface area contributed by atoms with Crippen LogP contribution < -0.4 is 14.8 Å². The van der Waals surface area contributed by atoms with Gasteiger partial charge in [0.05, 0.1) is 17.6 Å². The Kier molecular flexibility index (Phi) is 5.44. The summed E-state index contributed by atoms with van der Waals surface area (Å²) in [5.41, 5.74) is 1.19. The van der Waals surface area contributed by atoms with Crippen molar-refractivity contribution in [3.8, 4) is 5.75 Å². The van der Waals surface area contributed by atoms with Crippen molar-refractivity contribution < 1.29 is 17.9 Å². The minimum Gasteiger partial charge on any atom is -0.496 e. The van der Waals surface area contributed by atoms with Crippen molar-refractivity contribution in [1.82, 2.24) is 10.0 Å². The lowest BCUT2D eigenvalue weighted by molar-refractivity contribution is 0.0943. The number of methoxy groups -OCH3 is 1. The SMILES string of the molecule is CNS(=O)(=O)c1ccc([C@H]2[C@H](NC(=O)c3cc(Cl)ccc3OC)C2(C)C)cc1. The topological polar surface area (TPSA) is 84.5 Å². The first-order chi connectivity index (χ1) is 13.1. The molecular formula is C20H23ClN2O4S. The van der Waals surface area contributed by atoms with Gasteiger partial charge in [0.15, 0.2) is 0 Å². The molecule has 1 amide bonds. The third kappa shape index (κ3) is 3.74. The number of rotatable bonds is 6. The fraction of sp³-hybridized carbons (Fsp3) is 0.350. The van der Waals surface area contributed by atoms with E-state index < -0.39 is 10.0 Å². The molecule has 1 fully saturated rings. The molecule has 28 heavy (non-hydrogen) atoms. The van der Waals surface area contributed by atoms with Crippen LogP contribution in [0, 0.1) is 5.41 Å². The minimum absolute atomic E-state index is 0.0768. The number of halogens is 1. The average molecular weight is 423 g/mol. The summed E-state index contributed by atoms with van der Waals surface area (Å²) in [5.74, 6) is 0.279. The first kappa shape index (κ1) is 20.6. The summed E-state index contributed by atoms with van der Waals surface area (Å²) in [6, 6.07) is 11.6. The number of carbonyl (C=O) groups is 1. The van der Waals surface area contributed by atoms with Gasteiger partial charge in [0.1, 0.15) is 5.75 Å². The van der Waals surface area contributed by atoms with Gasteiger partial charge in [0.25, 0.3) is 5.91 Å². The Balaban J connectivity index is 1.80. The number of hydrogen-bond acceptors (Lipinski definition) is 4. The van der Waals surface area contributed by atoms with Gasteiger partial charge in [-0.25, -0.2) is 13.1 Å². The van der Waals surface area contributed by atoms with Gasteiger partial charge in [-0.3, -0.25) is 4.79 Å². The number of hydrogen-bond donors (Lipinski definition) is 2. The lowest BCUT2D eigenvalue weighted by Crippen LogP contribution is -2.29. The van der Waals surface area contributed by atoms with Crippen LogP contribution in [0.15, 0.2) is 47.4 Å². The highest BCUT2D eigenvalue weighted by molar-refractivity contribution is 7.89. The zero-order chi connectivity index (χ0) is 20.7. The summed E-state index contributed by atoms with van der Waals surface area (Å²) in [7, 11) is -0.593. The van der Waals surface area contributed by atoms with Crippen LogP contribution in [-0.2, 0) is 10.0 Å². The van der Waals surface area contributed by atoms with Gasteiger partial charge in [0.2, 0.25) is 10.0 Å². The molecule has 2 aromatic rings. The Morgan fingerprint density at radius 2 is 1.79 bits per heavy atom.